The van der Waals surface area contributed by atoms with Crippen molar-refractivity contribution in [3.8, 4) is 0 Å². The van der Waals surface area contributed by atoms with Crippen LogP contribution in [0.4, 0.5) is 0 Å². The van der Waals surface area contributed by atoms with Crippen molar-refractivity contribution in [3.63, 3.8) is 0 Å². The molecule has 0 aliphatic carbocycles. The summed E-state index contributed by atoms with van der Waals surface area (Å²) in [6.07, 6.45) is 0. The molecule has 13 heavy (non-hydrogen) atoms. The van der Waals surface area contributed by atoms with Crippen LogP contribution in [-0.4, -0.2) is 36.2 Å². The first-order valence-electron chi connectivity index (χ1n) is 4.52. The average molecular weight is 202 g/mol. The molecule has 0 saturated carbocycles. The molecule has 76 valence electrons. The number of amidine groups is 1. The van der Waals surface area contributed by atoms with Crippen molar-refractivity contribution < 1.29 is 4.74 Å². The summed E-state index contributed by atoms with van der Waals surface area (Å²) in [6, 6.07) is 0.550. The molecule has 1 aliphatic rings. The molecule has 1 rings (SSSR count). The third-order valence-electron chi connectivity index (χ3n) is 2.00. The van der Waals surface area contributed by atoms with Gasteiger partial charge in [-0.25, -0.2) is 0 Å². The zero-order chi connectivity index (χ0) is 9.90. The van der Waals surface area contributed by atoms with Gasteiger partial charge < -0.3 is 10.1 Å². The summed E-state index contributed by atoms with van der Waals surface area (Å²) in [6.45, 7) is 6.96. The van der Waals surface area contributed by atoms with Crippen molar-refractivity contribution in [3.05, 3.63) is 0 Å². The van der Waals surface area contributed by atoms with Crippen LogP contribution in [0.2, 0.25) is 0 Å². The van der Waals surface area contributed by atoms with Crippen molar-refractivity contribution >= 4 is 16.9 Å². The molecule has 1 aliphatic heterocycles. The molecule has 3 nitrogen and oxygen atoms in total. The molecule has 1 saturated heterocycles. The van der Waals surface area contributed by atoms with E-state index in [1.165, 1.54) is 0 Å². The van der Waals surface area contributed by atoms with Gasteiger partial charge in [-0.1, -0.05) is 11.8 Å². The van der Waals surface area contributed by atoms with Crippen LogP contribution < -0.4 is 5.32 Å². The van der Waals surface area contributed by atoms with Crippen molar-refractivity contribution in [1.29, 1.82) is 0 Å². The molecular formula is C9H18N2OS. The van der Waals surface area contributed by atoms with E-state index in [1.54, 1.807) is 18.9 Å². The summed E-state index contributed by atoms with van der Waals surface area (Å²) in [4.78, 5) is 4.46. The summed E-state index contributed by atoms with van der Waals surface area (Å²) in [5.74, 6) is 1.12. The summed E-state index contributed by atoms with van der Waals surface area (Å²) in [5, 5.41) is 4.36. The Morgan fingerprint density at radius 1 is 1.69 bits per heavy atom. The standard InChI is InChI=1S/C9H18N2OS/c1-7-5-13-8(11-7)10-6-9(2,3)12-4/h7H,5-6H2,1-4H3,(H,10,11). The maximum atomic E-state index is 5.28. The highest BCUT2D eigenvalue weighted by Crippen LogP contribution is 2.15. The number of thioether (sulfide) groups is 1. The number of hydrogen-bond acceptors (Lipinski definition) is 3. The molecule has 0 radical (unpaired) electrons. The second-order valence-electron chi connectivity index (χ2n) is 3.94. The normalized spacial score (nSPS) is 26.5. The predicted octanol–water partition coefficient (Wildman–Crippen LogP) is 1.49. The van der Waals surface area contributed by atoms with Crippen molar-refractivity contribution in [1.82, 2.24) is 5.32 Å². The number of rotatable bonds is 3. The van der Waals surface area contributed by atoms with Gasteiger partial charge in [0.05, 0.1) is 12.1 Å². The average Bonchev–Trinajstić information content (AvgIpc) is 2.48. The lowest BCUT2D eigenvalue weighted by atomic mass is 10.1. The largest absolute Gasteiger partial charge is 0.377 e. The molecule has 1 fully saturated rings. The second kappa shape index (κ2) is 4.33. The fourth-order valence-corrected chi connectivity index (χ4v) is 1.85. The number of ether oxygens (including phenoxy) is 1. The Morgan fingerprint density at radius 2 is 2.38 bits per heavy atom. The Morgan fingerprint density at radius 3 is 2.85 bits per heavy atom. The van der Waals surface area contributed by atoms with Gasteiger partial charge in [-0.3, -0.25) is 4.99 Å². The smallest absolute Gasteiger partial charge is 0.156 e. The molecule has 0 bridgehead atoms. The van der Waals surface area contributed by atoms with E-state index >= 15 is 0 Å². The molecule has 4 heteroatoms. The first kappa shape index (κ1) is 10.9. The lowest BCUT2D eigenvalue weighted by Crippen LogP contribution is -2.29. The SMILES string of the molecule is COC(C)(C)CN=C1NC(C)CS1. The van der Waals surface area contributed by atoms with Gasteiger partial charge in [0.1, 0.15) is 0 Å². The van der Waals surface area contributed by atoms with Crippen LogP contribution in [0, 0.1) is 0 Å². The third-order valence-corrected chi connectivity index (χ3v) is 3.18. The van der Waals surface area contributed by atoms with Crippen LogP contribution in [0.5, 0.6) is 0 Å². The van der Waals surface area contributed by atoms with Crippen molar-refractivity contribution in [2.45, 2.75) is 32.4 Å². The minimum Gasteiger partial charge on any atom is -0.377 e. The van der Waals surface area contributed by atoms with E-state index < -0.39 is 0 Å². The maximum absolute atomic E-state index is 5.28. The molecule has 1 unspecified atom stereocenters. The number of methoxy groups -OCH3 is 1. The quantitative estimate of drug-likeness (QED) is 0.753. The molecule has 0 amide bonds. The Balaban J connectivity index is 2.40. The first-order valence-corrected chi connectivity index (χ1v) is 5.51. The van der Waals surface area contributed by atoms with Gasteiger partial charge in [0.2, 0.25) is 0 Å². The van der Waals surface area contributed by atoms with E-state index in [9.17, 15) is 0 Å². The second-order valence-corrected chi connectivity index (χ2v) is 4.95. The summed E-state index contributed by atoms with van der Waals surface area (Å²) in [7, 11) is 1.72. The lowest BCUT2D eigenvalue weighted by molar-refractivity contribution is 0.0312. The predicted molar refractivity (Wildman–Crippen MR) is 58.4 cm³/mol. The molecular weight excluding hydrogens is 184 g/mol. The van der Waals surface area contributed by atoms with E-state index in [1.807, 2.05) is 13.8 Å². The van der Waals surface area contributed by atoms with Crippen LogP contribution in [0.25, 0.3) is 0 Å². The van der Waals surface area contributed by atoms with Gasteiger partial charge in [-0.2, -0.15) is 0 Å². The molecule has 0 aromatic rings. The molecule has 0 spiro atoms. The van der Waals surface area contributed by atoms with Crippen molar-refractivity contribution in [2.24, 2.45) is 4.99 Å². The Bertz CT molecular complexity index is 204. The van der Waals surface area contributed by atoms with Crippen molar-refractivity contribution in [2.75, 3.05) is 19.4 Å². The van der Waals surface area contributed by atoms with Gasteiger partial charge in [0.25, 0.3) is 0 Å². The first-order chi connectivity index (χ1) is 6.03. The third kappa shape index (κ3) is 3.56. The highest BCUT2D eigenvalue weighted by Gasteiger charge is 2.19. The highest BCUT2D eigenvalue weighted by atomic mass is 32.2. The van der Waals surface area contributed by atoms with E-state index in [0.717, 1.165) is 10.9 Å². The van der Waals surface area contributed by atoms with E-state index in [4.69, 9.17) is 4.74 Å². The van der Waals surface area contributed by atoms with Crippen LogP contribution >= 0.6 is 11.8 Å². The molecule has 1 N–H and O–H groups in total. The van der Waals surface area contributed by atoms with Crippen LogP contribution in [0.15, 0.2) is 4.99 Å². The molecule has 0 aromatic heterocycles. The van der Waals surface area contributed by atoms with E-state index in [2.05, 4.69) is 17.2 Å². The fraction of sp³-hybridized carbons (Fsp3) is 0.889. The van der Waals surface area contributed by atoms with Crippen LogP contribution in [0.1, 0.15) is 20.8 Å². The van der Waals surface area contributed by atoms with E-state index in [0.29, 0.717) is 12.6 Å². The zero-order valence-electron chi connectivity index (χ0n) is 8.76. The summed E-state index contributed by atoms with van der Waals surface area (Å²) < 4.78 is 5.28. The van der Waals surface area contributed by atoms with Gasteiger partial charge in [0.15, 0.2) is 5.17 Å². The molecule has 1 atom stereocenters. The number of aliphatic imine (C=N–C) groups is 1. The summed E-state index contributed by atoms with van der Waals surface area (Å²) in [5.41, 5.74) is -0.152. The lowest BCUT2D eigenvalue weighted by Gasteiger charge is -2.20. The maximum Gasteiger partial charge on any atom is 0.156 e. The topological polar surface area (TPSA) is 33.6 Å². The Hall–Kier alpha value is -0.220. The Kier molecular flexibility index (Phi) is 3.62. The highest BCUT2D eigenvalue weighted by molar-refractivity contribution is 8.14. The van der Waals surface area contributed by atoms with E-state index in [-0.39, 0.29) is 5.60 Å². The molecule has 1 heterocycles. The van der Waals surface area contributed by atoms with Gasteiger partial charge >= 0.3 is 0 Å². The Labute approximate surface area is 84.3 Å². The number of nitrogens with one attached hydrogen (secondary N) is 1. The van der Waals surface area contributed by atoms with Gasteiger partial charge in [-0.05, 0) is 20.8 Å². The minimum absolute atomic E-state index is 0.152. The minimum atomic E-state index is -0.152. The fourth-order valence-electron chi connectivity index (χ4n) is 0.916. The number of hydrogen-bond donors (Lipinski definition) is 1. The summed E-state index contributed by atoms with van der Waals surface area (Å²) >= 11 is 1.78. The monoisotopic (exact) mass is 202 g/mol. The van der Waals surface area contributed by atoms with Gasteiger partial charge in [-0.15, -0.1) is 0 Å². The zero-order valence-corrected chi connectivity index (χ0v) is 9.57. The van der Waals surface area contributed by atoms with Crippen LogP contribution in [0.3, 0.4) is 0 Å². The van der Waals surface area contributed by atoms with Gasteiger partial charge in [0, 0.05) is 18.9 Å². The number of nitrogens with zero attached hydrogens (tertiary/aromatic N) is 1. The molecule has 0 aromatic carbocycles. The van der Waals surface area contributed by atoms with Crippen LogP contribution in [-0.2, 0) is 4.74 Å².